The van der Waals surface area contributed by atoms with E-state index in [1.54, 1.807) is 0 Å². The van der Waals surface area contributed by atoms with Gasteiger partial charge < -0.3 is 0 Å². The highest BCUT2D eigenvalue weighted by Crippen LogP contribution is 2.29. The Hall–Kier alpha value is -1.31. The Morgan fingerprint density at radius 2 is 1.60 bits per heavy atom. The zero-order valence-corrected chi connectivity index (χ0v) is 9.83. The van der Waals surface area contributed by atoms with E-state index in [2.05, 4.69) is 50.0 Å². The maximum Gasteiger partial charge on any atom is 0.0653 e. The third-order valence-corrected chi connectivity index (χ3v) is 2.89. The first-order chi connectivity index (χ1) is 7.09. The van der Waals surface area contributed by atoms with Crippen LogP contribution in [0.15, 0.2) is 18.3 Å². The zero-order chi connectivity index (χ0) is 11.0. The summed E-state index contributed by atoms with van der Waals surface area (Å²) in [6, 6.07) is 4.50. The molecule has 0 spiro atoms. The molecule has 0 aliphatic heterocycles. The van der Waals surface area contributed by atoms with Crippen LogP contribution in [0.3, 0.4) is 0 Å². The molecular formula is C13H18N2. The van der Waals surface area contributed by atoms with Gasteiger partial charge in [0.2, 0.25) is 0 Å². The Morgan fingerprint density at radius 1 is 1.00 bits per heavy atom. The molecule has 0 saturated heterocycles. The molecule has 0 radical (unpaired) electrons. The third-order valence-electron chi connectivity index (χ3n) is 2.89. The summed E-state index contributed by atoms with van der Waals surface area (Å²) in [6.07, 6.45) is 1.89. The molecule has 2 nitrogen and oxygen atoms in total. The van der Waals surface area contributed by atoms with Crippen molar-refractivity contribution in [2.75, 3.05) is 0 Å². The van der Waals surface area contributed by atoms with Gasteiger partial charge in [-0.3, -0.25) is 5.10 Å². The van der Waals surface area contributed by atoms with Gasteiger partial charge in [0, 0.05) is 5.39 Å². The molecule has 1 aromatic heterocycles. The van der Waals surface area contributed by atoms with Crippen molar-refractivity contribution in [2.45, 2.75) is 39.5 Å². The van der Waals surface area contributed by atoms with Crippen molar-refractivity contribution in [3.05, 3.63) is 29.5 Å². The molecule has 0 saturated carbocycles. The predicted octanol–water partition coefficient (Wildman–Crippen LogP) is 3.81. The van der Waals surface area contributed by atoms with Crippen molar-refractivity contribution in [1.29, 1.82) is 0 Å². The van der Waals surface area contributed by atoms with Crippen LogP contribution >= 0.6 is 0 Å². The summed E-state index contributed by atoms with van der Waals surface area (Å²) < 4.78 is 0. The van der Waals surface area contributed by atoms with Gasteiger partial charge in [-0.2, -0.15) is 5.10 Å². The van der Waals surface area contributed by atoms with E-state index in [-0.39, 0.29) is 0 Å². The normalized spacial score (nSPS) is 11.9. The maximum absolute atomic E-state index is 4.08. The van der Waals surface area contributed by atoms with Crippen LogP contribution in [-0.2, 0) is 0 Å². The number of hydrogen-bond acceptors (Lipinski definition) is 1. The molecule has 0 atom stereocenters. The summed E-state index contributed by atoms with van der Waals surface area (Å²) in [4.78, 5) is 0. The summed E-state index contributed by atoms with van der Waals surface area (Å²) in [5, 5.41) is 8.32. The largest absolute Gasteiger partial charge is 0.278 e. The summed E-state index contributed by atoms with van der Waals surface area (Å²) >= 11 is 0. The van der Waals surface area contributed by atoms with Gasteiger partial charge in [0.25, 0.3) is 0 Å². The van der Waals surface area contributed by atoms with Crippen LogP contribution in [0, 0.1) is 0 Å². The van der Waals surface area contributed by atoms with Gasteiger partial charge in [0.05, 0.1) is 11.7 Å². The van der Waals surface area contributed by atoms with E-state index in [4.69, 9.17) is 0 Å². The van der Waals surface area contributed by atoms with Gasteiger partial charge in [-0.05, 0) is 35.1 Å². The van der Waals surface area contributed by atoms with Gasteiger partial charge in [-0.1, -0.05) is 27.7 Å². The standard InChI is InChI=1S/C13H18N2/c1-8(2)11-5-10-7-14-15-13(10)6-12(11)9(3)4/h5-9H,1-4H3,(H,14,15). The van der Waals surface area contributed by atoms with Crippen LogP contribution in [0.5, 0.6) is 0 Å². The Balaban J connectivity index is 2.68. The number of hydrogen-bond donors (Lipinski definition) is 1. The second-order valence-electron chi connectivity index (χ2n) is 4.75. The lowest BCUT2D eigenvalue weighted by atomic mass is 9.89. The number of aromatic amines is 1. The lowest BCUT2D eigenvalue weighted by Gasteiger charge is -2.15. The number of aromatic nitrogens is 2. The maximum atomic E-state index is 4.08. The molecular weight excluding hydrogens is 184 g/mol. The molecule has 0 aliphatic rings. The van der Waals surface area contributed by atoms with Crippen LogP contribution in [0.2, 0.25) is 0 Å². The van der Waals surface area contributed by atoms with Crippen LogP contribution in [0.25, 0.3) is 10.9 Å². The molecule has 0 amide bonds. The van der Waals surface area contributed by atoms with Gasteiger partial charge in [-0.25, -0.2) is 0 Å². The van der Waals surface area contributed by atoms with Crippen molar-refractivity contribution in [1.82, 2.24) is 10.2 Å². The molecule has 80 valence electrons. The first kappa shape index (κ1) is 10.2. The van der Waals surface area contributed by atoms with E-state index in [9.17, 15) is 0 Å². The molecule has 0 unspecified atom stereocenters. The van der Waals surface area contributed by atoms with Crippen LogP contribution in [0.1, 0.15) is 50.7 Å². The number of H-pyrrole nitrogens is 1. The van der Waals surface area contributed by atoms with E-state index in [0.717, 1.165) is 5.52 Å². The minimum Gasteiger partial charge on any atom is -0.278 e. The Bertz CT molecular complexity index is 424. The fourth-order valence-electron chi connectivity index (χ4n) is 2.03. The van der Waals surface area contributed by atoms with E-state index in [0.29, 0.717) is 11.8 Å². The monoisotopic (exact) mass is 202 g/mol. The van der Waals surface area contributed by atoms with Crippen LogP contribution < -0.4 is 0 Å². The molecule has 1 aromatic carbocycles. The van der Waals surface area contributed by atoms with E-state index < -0.39 is 0 Å². The Morgan fingerprint density at radius 3 is 2.20 bits per heavy atom. The SMILES string of the molecule is CC(C)c1cc2cn[nH]c2cc1C(C)C. The fraction of sp³-hybridized carbons (Fsp3) is 0.462. The fourth-order valence-corrected chi connectivity index (χ4v) is 2.03. The highest BCUT2D eigenvalue weighted by Gasteiger charge is 2.11. The molecule has 0 aliphatic carbocycles. The molecule has 1 N–H and O–H groups in total. The first-order valence-corrected chi connectivity index (χ1v) is 5.56. The predicted molar refractivity (Wildman–Crippen MR) is 64.3 cm³/mol. The van der Waals surface area contributed by atoms with E-state index in [1.807, 2.05) is 6.20 Å². The quantitative estimate of drug-likeness (QED) is 0.788. The summed E-state index contributed by atoms with van der Waals surface area (Å²) in [5.41, 5.74) is 4.02. The molecule has 2 rings (SSSR count). The van der Waals surface area contributed by atoms with Crippen LogP contribution in [0.4, 0.5) is 0 Å². The molecule has 2 aromatic rings. The average molecular weight is 202 g/mol. The molecule has 0 bridgehead atoms. The average Bonchev–Trinajstić information content (AvgIpc) is 2.61. The Labute approximate surface area is 90.7 Å². The number of nitrogens with zero attached hydrogens (tertiary/aromatic N) is 1. The number of benzene rings is 1. The number of rotatable bonds is 2. The van der Waals surface area contributed by atoms with Crippen LogP contribution in [-0.4, -0.2) is 10.2 Å². The second kappa shape index (κ2) is 3.69. The molecule has 0 fully saturated rings. The lowest BCUT2D eigenvalue weighted by Crippen LogP contribution is -1.98. The lowest BCUT2D eigenvalue weighted by molar-refractivity contribution is 0.792. The topological polar surface area (TPSA) is 28.7 Å². The summed E-state index contributed by atoms with van der Waals surface area (Å²) in [7, 11) is 0. The molecule has 2 heteroatoms. The van der Waals surface area contributed by atoms with Crippen molar-refractivity contribution in [2.24, 2.45) is 0 Å². The zero-order valence-electron chi connectivity index (χ0n) is 9.83. The Kier molecular flexibility index (Phi) is 2.51. The van der Waals surface area contributed by atoms with E-state index in [1.165, 1.54) is 16.5 Å². The second-order valence-corrected chi connectivity index (χ2v) is 4.75. The van der Waals surface area contributed by atoms with Gasteiger partial charge in [-0.15, -0.1) is 0 Å². The van der Waals surface area contributed by atoms with Gasteiger partial charge >= 0.3 is 0 Å². The van der Waals surface area contributed by atoms with Gasteiger partial charge in [0.15, 0.2) is 0 Å². The minimum atomic E-state index is 0.565. The highest BCUT2D eigenvalue weighted by molar-refractivity contribution is 5.80. The number of nitrogens with one attached hydrogen (secondary N) is 1. The van der Waals surface area contributed by atoms with Crippen molar-refractivity contribution in [3.63, 3.8) is 0 Å². The van der Waals surface area contributed by atoms with Crippen molar-refractivity contribution >= 4 is 10.9 Å². The smallest absolute Gasteiger partial charge is 0.0653 e. The summed E-state index contributed by atoms with van der Waals surface area (Å²) in [5.74, 6) is 1.14. The van der Waals surface area contributed by atoms with Crippen molar-refractivity contribution in [3.8, 4) is 0 Å². The highest BCUT2D eigenvalue weighted by atomic mass is 15.1. The number of fused-ring (bicyclic) bond motifs is 1. The third kappa shape index (κ3) is 1.76. The molecule has 1 heterocycles. The van der Waals surface area contributed by atoms with Crippen molar-refractivity contribution < 1.29 is 0 Å². The minimum absolute atomic E-state index is 0.565. The van der Waals surface area contributed by atoms with Gasteiger partial charge in [0.1, 0.15) is 0 Å². The van der Waals surface area contributed by atoms with E-state index >= 15 is 0 Å². The first-order valence-electron chi connectivity index (χ1n) is 5.56. The molecule has 15 heavy (non-hydrogen) atoms. The summed E-state index contributed by atoms with van der Waals surface area (Å²) in [6.45, 7) is 8.97.